The van der Waals surface area contributed by atoms with Crippen molar-refractivity contribution in [2.24, 2.45) is 0 Å². The molecule has 27 heavy (non-hydrogen) atoms. The van der Waals surface area contributed by atoms with Crippen molar-refractivity contribution < 1.29 is 4.79 Å². The van der Waals surface area contributed by atoms with Crippen LogP contribution < -0.4 is 5.32 Å². The molecule has 138 valence electrons. The molecule has 1 aliphatic rings. The van der Waals surface area contributed by atoms with Gasteiger partial charge in [0.1, 0.15) is 0 Å². The largest absolute Gasteiger partial charge is 0.351 e. The minimum atomic E-state index is -0.0542. The SMILES string of the molecule is O=C(NCc1ccc(-n2cccn2)nc1)[C@H]1CCCN1Cc1ccccc1. The van der Waals surface area contributed by atoms with Crippen molar-refractivity contribution >= 4 is 5.91 Å². The number of carbonyl (C=O) groups is 1. The van der Waals surface area contributed by atoms with Crippen molar-refractivity contribution in [3.05, 3.63) is 78.2 Å². The van der Waals surface area contributed by atoms with Gasteiger partial charge < -0.3 is 5.32 Å². The Hall–Kier alpha value is -2.99. The molecule has 0 unspecified atom stereocenters. The molecule has 1 fully saturated rings. The predicted octanol–water partition coefficient (Wildman–Crippen LogP) is 2.55. The van der Waals surface area contributed by atoms with Gasteiger partial charge in [0.2, 0.25) is 5.91 Å². The smallest absolute Gasteiger partial charge is 0.237 e. The number of aromatic nitrogens is 3. The average Bonchev–Trinajstić information content (AvgIpc) is 3.40. The number of pyridine rings is 1. The number of hydrogen-bond acceptors (Lipinski definition) is 4. The van der Waals surface area contributed by atoms with Crippen molar-refractivity contribution in [3.8, 4) is 5.82 Å². The highest BCUT2D eigenvalue weighted by Crippen LogP contribution is 2.20. The fourth-order valence-corrected chi connectivity index (χ4v) is 3.50. The maximum atomic E-state index is 12.7. The van der Waals surface area contributed by atoms with Gasteiger partial charge in [-0.3, -0.25) is 9.69 Å². The lowest BCUT2D eigenvalue weighted by Gasteiger charge is -2.23. The molecule has 4 rings (SSSR count). The molecule has 6 heteroatoms. The summed E-state index contributed by atoms with van der Waals surface area (Å²) in [7, 11) is 0. The molecule has 3 heterocycles. The Morgan fingerprint density at radius 2 is 2.00 bits per heavy atom. The number of carbonyl (C=O) groups excluding carboxylic acids is 1. The van der Waals surface area contributed by atoms with Crippen LogP contribution >= 0.6 is 0 Å². The molecule has 3 aromatic rings. The summed E-state index contributed by atoms with van der Waals surface area (Å²) in [4.78, 5) is 19.4. The van der Waals surface area contributed by atoms with Crippen LogP contribution in [0.4, 0.5) is 0 Å². The average molecular weight is 361 g/mol. The maximum Gasteiger partial charge on any atom is 0.237 e. The second-order valence-corrected chi connectivity index (χ2v) is 6.81. The normalized spacial score (nSPS) is 17.1. The van der Waals surface area contributed by atoms with Gasteiger partial charge >= 0.3 is 0 Å². The maximum absolute atomic E-state index is 12.7. The highest BCUT2D eigenvalue weighted by Gasteiger charge is 2.30. The molecule has 1 aliphatic heterocycles. The van der Waals surface area contributed by atoms with Gasteiger partial charge in [-0.25, -0.2) is 9.67 Å². The van der Waals surface area contributed by atoms with Crippen molar-refractivity contribution in [2.45, 2.75) is 32.0 Å². The molecule has 0 saturated carbocycles. The van der Waals surface area contributed by atoms with Crippen molar-refractivity contribution in [3.63, 3.8) is 0 Å². The van der Waals surface area contributed by atoms with Gasteiger partial charge in [0.15, 0.2) is 5.82 Å². The molecule has 1 N–H and O–H groups in total. The molecule has 1 saturated heterocycles. The standard InChI is InChI=1S/C21H23N5O/c27-21(19-8-4-12-25(19)16-17-6-2-1-3-7-17)23-15-18-9-10-20(22-14-18)26-13-5-11-24-26/h1-3,5-7,9-11,13-14,19H,4,8,12,15-16H2,(H,23,27)/t19-/m1/s1. The summed E-state index contributed by atoms with van der Waals surface area (Å²) in [6.07, 6.45) is 7.33. The van der Waals surface area contributed by atoms with Crippen LogP contribution in [0.1, 0.15) is 24.0 Å². The van der Waals surface area contributed by atoms with E-state index in [0.29, 0.717) is 6.54 Å². The lowest BCUT2D eigenvalue weighted by Crippen LogP contribution is -2.42. The lowest BCUT2D eigenvalue weighted by atomic mass is 10.1. The van der Waals surface area contributed by atoms with Gasteiger partial charge in [0.05, 0.1) is 6.04 Å². The molecule has 1 amide bonds. The van der Waals surface area contributed by atoms with E-state index in [9.17, 15) is 4.79 Å². The molecule has 1 aromatic carbocycles. The monoisotopic (exact) mass is 361 g/mol. The number of nitrogens with zero attached hydrogens (tertiary/aromatic N) is 4. The number of nitrogens with one attached hydrogen (secondary N) is 1. The number of likely N-dealkylation sites (tertiary alicyclic amines) is 1. The first-order valence-corrected chi connectivity index (χ1v) is 9.30. The lowest BCUT2D eigenvalue weighted by molar-refractivity contribution is -0.125. The number of hydrogen-bond donors (Lipinski definition) is 1. The molecular weight excluding hydrogens is 338 g/mol. The van der Waals surface area contributed by atoms with E-state index in [0.717, 1.165) is 37.3 Å². The Kier molecular flexibility index (Phi) is 5.25. The molecule has 2 aromatic heterocycles. The van der Waals surface area contributed by atoms with Crippen LogP contribution in [-0.4, -0.2) is 38.2 Å². The molecule has 0 radical (unpaired) electrons. The van der Waals surface area contributed by atoms with E-state index in [-0.39, 0.29) is 11.9 Å². The molecule has 0 bridgehead atoms. The summed E-state index contributed by atoms with van der Waals surface area (Å²) in [5.41, 5.74) is 2.22. The highest BCUT2D eigenvalue weighted by atomic mass is 16.2. The molecular formula is C21H23N5O. The van der Waals surface area contributed by atoms with E-state index in [1.54, 1.807) is 17.1 Å². The zero-order chi connectivity index (χ0) is 18.5. The molecule has 0 spiro atoms. The number of benzene rings is 1. The summed E-state index contributed by atoms with van der Waals surface area (Å²) >= 11 is 0. The van der Waals surface area contributed by atoms with Gasteiger partial charge in [-0.1, -0.05) is 36.4 Å². The third kappa shape index (κ3) is 4.23. The number of amides is 1. The first-order valence-electron chi connectivity index (χ1n) is 9.30. The Labute approximate surface area is 158 Å². The summed E-state index contributed by atoms with van der Waals surface area (Å²) in [5.74, 6) is 0.861. The van der Waals surface area contributed by atoms with Gasteiger partial charge in [-0.05, 0) is 42.6 Å². The highest BCUT2D eigenvalue weighted by molar-refractivity contribution is 5.82. The van der Waals surface area contributed by atoms with Crippen LogP contribution in [-0.2, 0) is 17.9 Å². The summed E-state index contributed by atoms with van der Waals surface area (Å²) in [6.45, 7) is 2.27. The van der Waals surface area contributed by atoms with E-state index < -0.39 is 0 Å². The van der Waals surface area contributed by atoms with Crippen molar-refractivity contribution in [1.29, 1.82) is 0 Å². The van der Waals surface area contributed by atoms with E-state index in [1.165, 1.54) is 5.56 Å². The fourth-order valence-electron chi connectivity index (χ4n) is 3.50. The van der Waals surface area contributed by atoms with Crippen LogP contribution in [0.5, 0.6) is 0 Å². The molecule has 1 atom stereocenters. The molecule has 6 nitrogen and oxygen atoms in total. The first kappa shape index (κ1) is 17.4. The van der Waals surface area contributed by atoms with Crippen LogP contribution in [0.3, 0.4) is 0 Å². The second-order valence-electron chi connectivity index (χ2n) is 6.81. The molecule has 0 aliphatic carbocycles. The van der Waals surface area contributed by atoms with E-state index in [1.807, 2.05) is 42.6 Å². The second kappa shape index (κ2) is 8.14. The Morgan fingerprint density at radius 1 is 1.11 bits per heavy atom. The number of rotatable bonds is 6. The van der Waals surface area contributed by atoms with Crippen molar-refractivity contribution in [2.75, 3.05) is 6.54 Å². The van der Waals surface area contributed by atoms with Crippen LogP contribution in [0.2, 0.25) is 0 Å². The fraction of sp³-hybridized carbons (Fsp3) is 0.286. The third-order valence-electron chi connectivity index (χ3n) is 4.91. The van der Waals surface area contributed by atoms with E-state index in [4.69, 9.17) is 0 Å². The third-order valence-corrected chi connectivity index (χ3v) is 4.91. The zero-order valence-electron chi connectivity index (χ0n) is 15.2. The van der Waals surface area contributed by atoms with Gasteiger partial charge in [-0.2, -0.15) is 5.10 Å². The first-order chi connectivity index (χ1) is 13.3. The van der Waals surface area contributed by atoms with Gasteiger partial charge in [0, 0.05) is 31.7 Å². The van der Waals surface area contributed by atoms with Crippen molar-refractivity contribution in [1.82, 2.24) is 25.0 Å². The van der Waals surface area contributed by atoms with Crippen LogP contribution in [0.15, 0.2) is 67.1 Å². The Morgan fingerprint density at radius 3 is 2.74 bits per heavy atom. The zero-order valence-corrected chi connectivity index (χ0v) is 15.2. The topological polar surface area (TPSA) is 63.1 Å². The minimum absolute atomic E-state index is 0.0542. The summed E-state index contributed by atoms with van der Waals surface area (Å²) in [6, 6.07) is 16.0. The van der Waals surface area contributed by atoms with Gasteiger partial charge in [-0.15, -0.1) is 0 Å². The Bertz CT molecular complexity index is 861. The van der Waals surface area contributed by atoms with E-state index >= 15 is 0 Å². The Balaban J connectivity index is 1.33. The van der Waals surface area contributed by atoms with Crippen LogP contribution in [0, 0.1) is 0 Å². The van der Waals surface area contributed by atoms with Gasteiger partial charge in [0.25, 0.3) is 0 Å². The minimum Gasteiger partial charge on any atom is -0.351 e. The predicted molar refractivity (Wildman–Crippen MR) is 103 cm³/mol. The summed E-state index contributed by atoms with van der Waals surface area (Å²) < 4.78 is 1.71. The quantitative estimate of drug-likeness (QED) is 0.733. The summed E-state index contributed by atoms with van der Waals surface area (Å²) in [5, 5.41) is 7.23. The van der Waals surface area contributed by atoms with E-state index in [2.05, 4.69) is 32.4 Å². The van der Waals surface area contributed by atoms with Crippen LogP contribution in [0.25, 0.3) is 5.82 Å².